The third kappa shape index (κ3) is 9.88. The summed E-state index contributed by atoms with van der Waals surface area (Å²) in [5.74, 6) is -4.28. The molecule has 0 unspecified atom stereocenters. The average molecular weight is 883 g/mol. The van der Waals surface area contributed by atoms with Crippen molar-refractivity contribution in [3.05, 3.63) is 192 Å². The van der Waals surface area contributed by atoms with Crippen LogP contribution in [0.25, 0.3) is 0 Å². The lowest BCUT2D eigenvalue weighted by Gasteiger charge is -2.53. The van der Waals surface area contributed by atoms with Gasteiger partial charge in [0.2, 0.25) is 11.8 Å². The van der Waals surface area contributed by atoms with E-state index in [0.717, 1.165) is 47.9 Å². The number of hydrogen-bond donors (Lipinski definition) is 2. The summed E-state index contributed by atoms with van der Waals surface area (Å²) in [6.45, 7) is 0.0891. The molecule has 10 nitrogen and oxygen atoms in total. The number of para-hydroxylation sites is 2. The Balaban J connectivity index is 1.14. The fourth-order valence-corrected chi connectivity index (χ4v) is 9.62. The van der Waals surface area contributed by atoms with Crippen molar-refractivity contribution in [3.8, 4) is 23.0 Å². The predicted molar refractivity (Wildman–Crippen MR) is 249 cm³/mol. The molecule has 0 radical (unpaired) electrons. The van der Waals surface area contributed by atoms with Crippen molar-refractivity contribution in [1.29, 1.82) is 0 Å². The number of carboxylic acids is 2. The summed E-state index contributed by atoms with van der Waals surface area (Å²) in [5, 5.41) is 21.7. The van der Waals surface area contributed by atoms with Crippen molar-refractivity contribution in [1.82, 2.24) is 9.80 Å². The Hall–Kier alpha value is -7.20. The SMILES string of the molecule is O=C(O)[C@H]1CC(C(=O)N(Cc2ccc(Oc3ccccc3)cc2)[C@@H](CC2CC2)c2ccccc2)(C(=O)N(Cc2ccc(Oc3ccccc3)cc2)[C@@H](CC2CC2)c2ccccc2)[C@@H]1C(=O)O. The Morgan fingerprint density at radius 3 is 1.17 bits per heavy atom. The largest absolute Gasteiger partial charge is 0.481 e. The van der Waals surface area contributed by atoms with E-state index in [-0.39, 0.29) is 13.1 Å². The van der Waals surface area contributed by atoms with E-state index in [1.54, 1.807) is 9.80 Å². The fourth-order valence-electron chi connectivity index (χ4n) is 9.62. The lowest BCUT2D eigenvalue weighted by atomic mass is 9.51. The number of carboxylic acid groups (broad SMARTS) is 2. The zero-order valence-electron chi connectivity index (χ0n) is 36.7. The van der Waals surface area contributed by atoms with Crippen LogP contribution < -0.4 is 9.47 Å². The fraction of sp³-hybridized carbons (Fsp3) is 0.286. The molecule has 336 valence electrons. The van der Waals surface area contributed by atoms with Crippen LogP contribution in [-0.2, 0) is 32.3 Å². The Morgan fingerprint density at radius 1 is 0.485 bits per heavy atom. The van der Waals surface area contributed by atoms with E-state index >= 15 is 9.59 Å². The number of carbonyl (C=O) groups excluding carboxylic acids is 2. The Labute approximate surface area is 385 Å². The molecule has 0 saturated heterocycles. The molecular formula is C56H54N2O8. The van der Waals surface area contributed by atoms with Crippen LogP contribution in [0.5, 0.6) is 23.0 Å². The van der Waals surface area contributed by atoms with Gasteiger partial charge in [0.25, 0.3) is 0 Å². The second-order valence-electron chi connectivity index (χ2n) is 18.1. The summed E-state index contributed by atoms with van der Waals surface area (Å²) < 4.78 is 12.2. The molecule has 10 heteroatoms. The zero-order chi connectivity index (χ0) is 45.6. The number of ether oxygens (including phenoxy) is 2. The second-order valence-corrected chi connectivity index (χ2v) is 18.1. The average Bonchev–Trinajstić information content (AvgIpc) is 4.28. The highest BCUT2D eigenvalue weighted by Crippen LogP contribution is 2.57. The van der Waals surface area contributed by atoms with Crippen LogP contribution in [0.3, 0.4) is 0 Å². The van der Waals surface area contributed by atoms with E-state index in [1.807, 2.05) is 170 Å². The summed E-state index contributed by atoms with van der Waals surface area (Å²) >= 11 is 0. The van der Waals surface area contributed by atoms with Crippen molar-refractivity contribution in [2.75, 3.05) is 0 Å². The summed E-state index contributed by atoms with van der Waals surface area (Å²) in [6, 6.07) is 51.9. The number of carbonyl (C=O) groups is 4. The van der Waals surface area contributed by atoms with Gasteiger partial charge < -0.3 is 29.5 Å². The maximum Gasteiger partial charge on any atom is 0.309 e. The summed E-state index contributed by atoms with van der Waals surface area (Å²) in [6.07, 6.45) is 4.71. The number of rotatable bonds is 20. The van der Waals surface area contributed by atoms with E-state index < -0.39 is 59.5 Å². The molecule has 2 N–H and O–H groups in total. The molecule has 3 aliphatic rings. The third-order valence-electron chi connectivity index (χ3n) is 13.5. The van der Waals surface area contributed by atoms with Crippen LogP contribution >= 0.6 is 0 Å². The van der Waals surface area contributed by atoms with Gasteiger partial charge in [-0.05, 0) is 102 Å². The molecule has 3 saturated carbocycles. The van der Waals surface area contributed by atoms with Gasteiger partial charge in [0, 0.05) is 13.1 Å². The third-order valence-corrected chi connectivity index (χ3v) is 13.5. The van der Waals surface area contributed by atoms with E-state index in [2.05, 4.69) is 0 Å². The van der Waals surface area contributed by atoms with E-state index in [4.69, 9.17) is 9.47 Å². The number of benzene rings is 6. The maximum absolute atomic E-state index is 16.3. The lowest BCUT2D eigenvalue weighted by Crippen LogP contribution is -2.68. The molecule has 4 atom stereocenters. The maximum atomic E-state index is 16.3. The Bertz CT molecular complexity index is 2440. The van der Waals surface area contributed by atoms with Crippen LogP contribution in [0.2, 0.25) is 0 Å². The molecule has 2 amide bonds. The first-order valence-electron chi connectivity index (χ1n) is 23.0. The molecule has 0 aromatic heterocycles. The second kappa shape index (κ2) is 19.5. The highest BCUT2D eigenvalue weighted by molar-refractivity contribution is 6.11. The summed E-state index contributed by atoms with van der Waals surface area (Å²) in [5.41, 5.74) is 0.963. The van der Waals surface area contributed by atoms with Gasteiger partial charge >= 0.3 is 11.9 Å². The monoisotopic (exact) mass is 882 g/mol. The molecule has 0 bridgehead atoms. The highest BCUT2D eigenvalue weighted by Gasteiger charge is 2.71. The minimum atomic E-state index is -2.24. The van der Waals surface area contributed by atoms with Gasteiger partial charge in [-0.1, -0.05) is 147 Å². The van der Waals surface area contributed by atoms with Gasteiger partial charge in [0.05, 0.1) is 23.9 Å². The molecule has 3 aliphatic carbocycles. The van der Waals surface area contributed by atoms with Crippen molar-refractivity contribution in [2.45, 2.75) is 70.1 Å². The molecule has 66 heavy (non-hydrogen) atoms. The van der Waals surface area contributed by atoms with Crippen molar-refractivity contribution in [2.24, 2.45) is 29.1 Å². The van der Waals surface area contributed by atoms with Gasteiger partial charge in [0.1, 0.15) is 28.4 Å². The van der Waals surface area contributed by atoms with E-state index in [0.29, 0.717) is 47.7 Å². The highest BCUT2D eigenvalue weighted by atomic mass is 16.5. The normalized spacial score (nSPS) is 18.2. The number of hydrogen-bond acceptors (Lipinski definition) is 6. The van der Waals surface area contributed by atoms with E-state index in [9.17, 15) is 19.8 Å². The van der Waals surface area contributed by atoms with Gasteiger partial charge in [-0.2, -0.15) is 0 Å². The molecular weight excluding hydrogens is 829 g/mol. The number of aliphatic carboxylic acids is 2. The molecule has 6 aromatic carbocycles. The molecule has 9 rings (SSSR count). The first-order valence-corrected chi connectivity index (χ1v) is 23.0. The zero-order valence-corrected chi connectivity index (χ0v) is 36.7. The molecule has 0 aliphatic heterocycles. The van der Waals surface area contributed by atoms with Gasteiger partial charge in [-0.3, -0.25) is 19.2 Å². The van der Waals surface area contributed by atoms with Crippen LogP contribution in [0.1, 0.15) is 79.3 Å². The molecule has 0 spiro atoms. The van der Waals surface area contributed by atoms with E-state index in [1.165, 1.54) is 0 Å². The Kier molecular flexibility index (Phi) is 13.0. The first kappa shape index (κ1) is 44.0. The van der Waals surface area contributed by atoms with Crippen LogP contribution in [-0.4, -0.2) is 43.8 Å². The predicted octanol–water partition coefficient (Wildman–Crippen LogP) is 11.5. The van der Waals surface area contributed by atoms with Gasteiger partial charge in [0.15, 0.2) is 0 Å². The lowest BCUT2D eigenvalue weighted by molar-refractivity contribution is -0.196. The van der Waals surface area contributed by atoms with Crippen LogP contribution in [0, 0.1) is 29.1 Å². The van der Waals surface area contributed by atoms with Crippen LogP contribution in [0.4, 0.5) is 0 Å². The summed E-state index contributed by atoms with van der Waals surface area (Å²) in [7, 11) is 0. The van der Waals surface area contributed by atoms with Gasteiger partial charge in [-0.25, -0.2) is 0 Å². The topological polar surface area (TPSA) is 134 Å². The quantitative estimate of drug-likeness (QED) is 0.0724. The van der Waals surface area contributed by atoms with Gasteiger partial charge in [-0.15, -0.1) is 0 Å². The smallest absolute Gasteiger partial charge is 0.309 e. The minimum Gasteiger partial charge on any atom is -0.481 e. The number of amides is 2. The molecule has 3 fully saturated rings. The summed E-state index contributed by atoms with van der Waals surface area (Å²) in [4.78, 5) is 62.5. The Morgan fingerprint density at radius 2 is 0.833 bits per heavy atom. The van der Waals surface area contributed by atoms with Crippen molar-refractivity contribution >= 4 is 23.8 Å². The number of nitrogens with zero attached hydrogens (tertiary/aromatic N) is 2. The van der Waals surface area contributed by atoms with Crippen LogP contribution in [0.15, 0.2) is 170 Å². The standard InChI is InChI=1S/C56H54N2O8/c59-52(60)48-35-56(51(48)53(61)62,54(63)57(49(33-38-21-22-38)42-13-5-1-6-14-42)36-40-25-29-46(30-26-40)65-44-17-9-3-10-18-44)55(64)58(50(34-39-23-24-39)43-15-7-2-8-16-43)37-41-27-31-47(32-28-41)66-45-19-11-4-12-20-45/h1-20,25-32,38-39,48-51H,21-24,33-37H2,(H,59,60)(H,61,62)/t48-,49-,50-,51-/m0/s1. The minimum absolute atomic E-state index is 0.0445. The van der Waals surface area contributed by atoms with Crippen molar-refractivity contribution in [3.63, 3.8) is 0 Å². The van der Waals surface area contributed by atoms with Crippen molar-refractivity contribution < 1.29 is 38.9 Å². The molecule has 6 aromatic rings. The first-order chi connectivity index (χ1) is 32.2. The molecule has 0 heterocycles.